The molecule has 4 aromatic carbocycles. The zero-order valence-corrected chi connectivity index (χ0v) is 29.3. The Labute approximate surface area is 284 Å². The highest BCUT2D eigenvalue weighted by Crippen LogP contribution is 2.57. The second kappa shape index (κ2) is 15.3. The molecule has 1 heterocycles. The molecule has 1 amide bonds. The van der Waals surface area contributed by atoms with Gasteiger partial charge in [0.2, 0.25) is 5.91 Å². The monoisotopic (exact) mass is 654 g/mol. The molecule has 4 aromatic rings. The highest BCUT2D eigenvalue weighted by Gasteiger charge is 2.43. The number of benzene rings is 4. The predicted octanol–water partition coefficient (Wildman–Crippen LogP) is 9.93. The number of rotatable bonds is 6. The van der Waals surface area contributed by atoms with E-state index in [-0.39, 0.29) is 45.0 Å². The number of amidine groups is 1. The first-order valence-corrected chi connectivity index (χ1v) is 18.0. The van der Waals surface area contributed by atoms with Crippen LogP contribution in [0.4, 0.5) is 0 Å². The third kappa shape index (κ3) is 6.78. The second-order valence-corrected chi connectivity index (χ2v) is 15.4. The minimum absolute atomic E-state index is 0. The minimum atomic E-state index is -0.423. The van der Waals surface area contributed by atoms with Gasteiger partial charge in [0.1, 0.15) is 11.9 Å². The van der Waals surface area contributed by atoms with Crippen molar-refractivity contribution >= 4 is 62.7 Å². The van der Waals surface area contributed by atoms with Gasteiger partial charge in [0.05, 0.1) is 6.04 Å². The van der Waals surface area contributed by atoms with Crippen molar-refractivity contribution in [3.63, 3.8) is 0 Å². The first kappa shape index (κ1) is 33.8. The number of hydrogen-bond acceptors (Lipinski definition) is 2. The van der Waals surface area contributed by atoms with Crippen molar-refractivity contribution in [3.05, 3.63) is 114 Å². The average Bonchev–Trinajstić information content (AvgIpc) is 3.48. The maximum atomic E-state index is 13.8. The Hall–Kier alpha value is -2.59. The van der Waals surface area contributed by atoms with Gasteiger partial charge in [-0.3, -0.25) is 14.7 Å². The molecular weight excluding hydrogens is 608 g/mol. The molecule has 1 aliphatic heterocycles. The van der Waals surface area contributed by atoms with Crippen molar-refractivity contribution < 1.29 is 4.79 Å². The van der Waals surface area contributed by atoms with Gasteiger partial charge in [0.15, 0.2) is 0 Å². The molecule has 2 aliphatic carbocycles. The highest BCUT2D eigenvalue weighted by molar-refractivity contribution is 7.67. The zero-order chi connectivity index (χ0) is 29.2. The van der Waals surface area contributed by atoms with E-state index in [2.05, 4.69) is 97.1 Å². The Balaban J connectivity index is 0.00000200. The smallest absolute Gasteiger partial charge is 0.225 e. The summed E-state index contributed by atoms with van der Waals surface area (Å²) in [6.45, 7) is 1.73. The van der Waals surface area contributed by atoms with E-state index in [1.54, 1.807) is 6.92 Å². The SMILES string of the molecule is CC(=O)N1C(c2ccc3ccccc3c2P(C2CCCCC2)C2CCCCC2)=N[C@@H](c2ccccc2)[C@@H]1c1ccccc1.S.S. The van der Waals surface area contributed by atoms with Gasteiger partial charge in [-0.15, -0.1) is 0 Å². The van der Waals surface area contributed by atoms with Crippen molar-refractivity contribution in [2.75, 3.05) is 0 Å². The molecule has 236 valence electrons. The lowest BCUT2D eigenvalue weighted by molar-refractivity contribution is -0.126. The number of nitrogens with zero attached hydrogens (tertiary/aromatic N) is 2. The highest BCUT2D eigenvalue weighted by atomic mass is 32.1. The summed E-state index contributed by atoms with van der Waals surface area (Å²) in [4.78, 5) is 21.4. The number of carbonyl (C=O) groups excluding carboxylic acids is 1. The van der Waals surface area contributed by atoms with Gasteiger partial charge in [0.25, 0.3) is 0 Å². The molecule has 0 aromatic heterocycles. The van der Waals surface area contributed by atoms with Crippen molar-refractivity contribution in [2.45, 2.75) is 94.5 Å². The van der Waals surface area contributed by atoms with Crippen LogP contribution in [0.15, 0.2) is 102 Å². The van der Waals surface area contributed by atoms with Crippen molar-refractivity contribution in [2.24, 2.45) is 4.99 Å². The number of carbonyl (C=O) groups is 1. The van der Waals surface area contributed by atoms with E-state index in [0.717, 1.165) is 28.3 Å². The van der Waals surface area contributed by atoms with Crippen LogP contribution in [0.1, 0.15) is 99.9 Å². The molecule has 2 fully saturated rings. The molecule has 7 rings (SSSR count). The standard InChI is InChI=1S/C39H43N2OP.2H2S/c1-28(42)41-37(31-19-8-3-9-20-31)36(30-17-6-2-7-18-30)40-39(41)35-27-26-29-16-14-15-25-34(29)38(35)43(32-21-10-4-11-22-32)33-23-12-5-13-24-33;;/h2-3,6-9,14-20,25-27,32-33,36-37H,4-5,10-13,21-24H2,1H3;2*1H2/t36-,37-;;/m0../s1. The second-order valence-electron chi connectivity index (χ2n) is 12.7. The summed E-state index contributed by atoms with van der Waals surface area (Å²) in [5, 5.41) is 4.22. The van der Waals surface area contributed by atoms with Crippen LogP contribution in [0.3, 0.4) is 0 Å². The number of amides is 1. The first-order valence-electron chi connectivity index (χ1n) is 16.5. The fourth-order valence-electron chi connectivity index (χ4n) is 8.07. The van der Waals surface area contributed by atoms with E-state index in [0.29, 0.717) is 0 Å². The predicted molar refractivity (Wildman–Crippen MR) is 202 cm³/mol. The van der Waals surface area contributed by atoms with E-state index < -0.39 is 7.92 Å². The Kier molecular flexibility index (Phi) is 11.5. The third-order valence-corrected chi connectivity index (χ3v) is 13.6. The van der Waals surface area contributed by atoms with Gasteiger partial charge >= 0.3 is 0 Å². The molecule has 3 nitrogen and oxygen atoms in total. The minimum Gasteiger partial charge on any atom is -0.287 e. The lowest BCUT2D eigenvalue weighted by Gasteiger charge is -2.40. The maximum Gasteiger partial charge on any atom is 0.225 e. The summed E-state index contributed by atoms with van der Waals surface area (Å²) in [6.07, 6.45) is 13.5. The van der Waals surface area contributed by atoms with Gasteiger partial charge in [-0.25, -0.2) is 0 Å². The summed E-state index contributed by atoms with van der Waals surface area (Å²) in [5.41, 5.74) is 4.99. The van der Waals surface area contributed by atoms with Crippen LogP contribution in [-0.2, 0) is 4.79 Å². The van der Waals surface area contributed by atoms with Gasteiger partial charge in [-0.05, 0) is 70.3 Å². The Morgan fingerprint density at radius 3 is 1.78 bits per heavy atom. The lowest BCUT2D eigenvalue weighted by atomic mass is 9.93. The van der Waals surface area contributed by atoms with Crippen LogP contribution in [0.2, 0.25) is 0 Å². The van der Waals surface area contributed by atoms with Crippen molar-refractivity contribution in [3.8, 4) is 0 Å². The zero-order valence-electron chi connectivity index (χ0n) is 26.4. The number of hydrogen-bond donors (Lipinski definition) is 0. The lowest BCUT2D eigenvalue weighted by Crippen LogP contribution is -2.39. The molecule has 0 radical (unpaired) electrons. The van der Waals surface area contributed by atoms with E-state index >= 15 is 0 Å². The average molecular weight is 655 g/mol. The molecule has 0 spiro atoms. The van der Waals surface area contributed by atoms with Crippen molar-refractivity contribution in [1.82, 2.24) is 4.90 Å². The fourth-order valence-corrected chi connectivity index (χ4v) is 12.2. The van der Waals surface area contributed by atoms with Gasteiger partial charge in [0, 0.05) is 12.5 Å². The molecule has 3 aliphatic rings. The summed E-state index contributed by atoms with van der Waals surface area (Å²) in [7, 11) is -0.423. The maximum absolute atomic E-state index is 13.8. The molecule has 0 unspecified atom stereocenters. The van der Waals surface area contributed by atoms with Crippen LogP contribution in [0.5, 0.6) is 0 Å². The van der Waals surface area contributed by atoms with E-state index in [9.17, 15) is 4.79 Å². The van der Waals surface area contributed by atoms with Crippen LogP contribution < -0.4 is 5.30 Å². The van der Waals surface area contributed by atoms with E-state index in [1.165, 1.54) is 85.8 Å². The molecule has 0 N–H and O–H groups in total. The van der Waals surface area contributed by atoms with Crippen molar-refractivity contribution in [1.29, 1.82) is 0 Å². The van der Waals surface area contributed by atoms with Gasteiger partial charge in [-0.1, -0.05) is 137 Å². The molecule has 2 atom stereocenters. The molecule has 6 heteroatoms. The summed E-state index contributed by atoms with van der Waals surface area (Å²) < 4.78 is 0. The molecule has 0 bridgehead atoms. The van der Waals surface area contributed by atoms with Crippen LogP contribution in [0, 0.1) is 0 Å². The largest absolute Gasteiger partial charge is 0.287 e. The third-order valence-electron chi connectivity index (χ3n) is 10.0. The summed E-state index contributed by atoms with van der Waals surface area (Å²) >= 11 is 0. The quantitative estimate of drug-likeness (QED) is 0.191. The Morgan fingerprint density at radius 1 is 0.667 bits per heavy atom. The Bertz CT molecular complexity index is 1580. The number of aliphatic imine (C=N–C) groups is 1. The molecule has 2 saturated carbocycles. The van der Waals surface area contributed by atoms with Crippen LogP contribution >= 0.6 is 34.9 Å². The molecule has 45 heavy (non-hydrogen) atoms. The van der Waals surface area contributed by atoms with Crippen LogP contribution in [-0.4, -0.2) is 28.0 Å². The molecule has 0 saturated heterocycles. The Morgan fingerprint density at radius 2 is 1.20 bits per heavy atom. The normalized spacial score (nSPS) is 20.8. The summed E-state index contributed by atoms with van der Waals surface area (Å²) in [5.74, 6) is 0.930. The van der Waals surface area contributed by atoms with Crippen LogP contribution in [0.25, 0.3) is 10.8 Å². The number of fused-ring (bicyclic) bond motifs is 1. The first-order chi connectivity index (χ1) is 21.2. The molecular formula is C39H47N2OPS2. The van der Waals surface area contributed by atoms with Gasteiger partial charge < -0.3 is 0 Å². The van der Waals surface area contributed by atoms with E-state index in [4.69, 9.17) is 4.99 Å². The summed E-state index contributed by atoms with van der Waals surface area (Å²) in [6, 6.07) is 34.4. The fraction of sp³-hybridized carbons (Fsp3) is 0.385. The topological polar surface area (TPSA) is 32.7 Å². The van der Waals surface area contributed by atoms with Gasteiger partial charge in [-0.2, -0.15) is 27.0 Å². The van der Waals surface area contributed by atoms with E-state index in [1.807, 2.05) is 4.90 Å².